The minimum Gasteiger partial charge on any atom is -0.450 e. The molecule has 0 fully saturated rings. The maximum atomic E-state index is 12.5. The molecule has 0 aromatic heterocycles. The lowest BCUT2D eigenvalue weighted by Crippen LogP contribution is -2.06. The molecule has 3 nitrogen and oxygen atoms in total. The molecule has 0 saturated heterocycles. The van der Waals surface area contributed by atoms with Crippen LogP contribution in [-0.4, -0.2) is 11.3 Å². The Morgan fingerprint density at radius 2 is 2.07 bits per heavy atom. The normalized spacial score (nSPS) is 11.8. The molecule has 1 aromatic carbocycles. The number of halogens is 1. The van der Waals surface area contributed by atoms with Gasteiger partial charge in [0.15, 0.2) is 0 Å². The van der Waals surface area contributed by atoms with Crippen LogP contribution in [0.5, 0.6) is 0 Å². The monoisotopic (exact) mass is 196 g/mol. The van der Waals surface area contributed by atoms with E-state index >= 15 is 0 Å². The van der Waals surface area contributed by atoms with Gasteiger partial charge in [0.2, 0.25) is 0 Å². The number of hydrogen-bond donors (Lipinski definition) is 1. The van der Waals surface area contributed by atoms with E-state index in [9.17, 15) is 9.18 Å². The minimum atomic E-state index is -1.39. The molecule has 0 amide bonds. The lowest BCUT2D eigenvalue weighted by atomic mass is 10.1. The number of hydrogen-bond acceptors (Lipinski definition) is 2. The molecule has 0 aliphatic carbocycles. The van der Waals surface area contributed by atoms with Crippen LogP contribution in [0.2, 0.25) is 0 Å². The Kier molecular flexibility index (Phi) is 3.23. The van der Waals surface area contributed by atoms with Gasteiger partial charge in [0, 0.05) is 0 Å². The van der Waals surface area contributed by atoms with Gasteiger partial charge in [-0.25, -0.2) is 9.18 Å². The van der Waals surface area contributed by atoms with Crippen LogP contribution in [-0.2, 0) is 4.74 Å². The molecule has 1 aromatic rings. The molecule has 0 saturated carbocycles. The first-order valence-electron chi connectivity index (χ1n) is 3.91. The lowest BCUT2D eigenvalue weighted by molar-refractivity contribution is 0.0691. The average Bonchev–Trinajstić information content (AvgIpc) is 2.15. The van der Waals surface area contributed by atoms with Crippen molar-refractivity contribution in [3.63, 3.8) is 0 Å². The Morgan fingerprint density at radius 1 is 1.50 bits per heavy atom. The number of rotatable bonds is 3. The fourth-order valence-corrected chi connectivity index (χ4v) is 1.01. The molecule has 0 aliphatic heterocycles. The van der Waals surface area contributed by atoms with E-state index in [1.807, 2.05) is 0 Å². The molecule has 1 unspecified atom stereocenters. The van der Waals surface area contributed by atoms with Crippen molar-refractivity contribution in [2.75, 3.05) is 0 Å². The van der Waals surface area contributed by atoms with Crippen LogP contribution in [0.25, 0.3) is 0 Å². The van der Waals surface area contributed by atoms with E-state index in [1.165, 1.54) is 30.3 Å². The zero-order valence-corrected chi connectivity index (χ0v) is 7.31. The van der Waals surface area contributed by atoms with Crippen molar-refractivity contribution in [3.05, 3.63) is 48.3 Å². The van der Waals surface area contributed by atoms with Gasteiger partial charge in [-0.3, -0.25) is 0 Å². The average molecular weight is 196 g/mol. The fourth-order valence-electron chi connectivity index (χ4n) is 1.01. The maximum Gasteiger partial charge on any atom is 0.506 e. The van der Waals surface area contributed by atoms with Crippen LogP contribution in [0.1, 0.15) is 11.7 Å². The smallest absolute Gasteiger partial charge is 0.450 e. The molecule has 0 aliphatic rings. The molecular formula is C10H9FO3. The molecule has 74 valence electrons. The number of ether oxygens (including phenoxy) is 1. The number of carbonyl (C=O) groups is 1. The Balaban J connectivity index is 2.84. The highest BCUT2D eigenvalue weighted by Crippen LogP contribution is 2.18. The van der Waals surface area contributed by atoms with E-state index in [-0.39, 0.29) is 5.82 Å². The van der Waals surface area contributed by atoms with Gasteiger partial charge in [-0.2, -0.15) is 0 Å². The third kappa shape index (κ3) is 2.58. The van der Waals surface area contributed by atoms with Gasteiger partial charge in [0.05, 0.1) is 0 Å². The van der Waals surface area contributed by atoms with Crippen molar-refractivity contribution in [1.82, 2.24) is 0 Å². The highest BCUT2D eigenvalue weighted by atomic mass is 19.1. The topological polar surface area (TPSA) is 46.5 Å². The van der Waals surface area contributed by atoms with Crippen LogP contribution in [0.15, 0.2) is 36.9 Å². The standard InChI is InChI=1S/C10H9FO3/c1-2-9(14-10(12)13)7-3-5-8(11)6-4-7/h2-6,9H,1H2,(H,12,13). The van der Waals surface area contributed by atoms with Gasteiger partial charge in [-0.15, -0.1) is 0 Å². The molecule has 0 heterocycles. The number of carboxylic acid groups (broad SMARTS) is 1. The van der Waals surface area contributed by atoms with Crippen LogP contribution in [0, 0.1) is 5.82 Å². The molecule has 1 rings (SSSR count). The molecule has 0 radical (unpaired) electrons. The summed E-state index contributed by atoms with van der Waals surface area (Å²) < 4.78 is 17.0. The van der Waals surface area contributed by atoms with Gasteiger partial charge >= 0.3 is 6.16 Å². The SMILES string of the molecule is C=CC(OC(=O)O)c1ccc(F)cc1. The van der Waals surface area contributed by atoms with Gasteiger partial charge in [-0.05, 0) is 23.8 Å². The van der Waals surface area contributed by atoms with Gasteiger partial charge in [0.1, 0.15) is 11.9 Å². The highest BCUT2D eigenvalue weighted by molar-refractivity contribution is 5.57. The highest BCUT2D eigenvalue weighted by Gasteiger charge is 2.11. The third-order valence-corrected chi connectivity index (χ3v) is 1.64. The summed E-state index contributed by atoms with van der Waals surface area (Å²) in [7, 11) is 0. The second-order valence-corrected chi connectivity index (χ2v) is 2.59. The van der Waals surface area contributed by atoms with Crippen molar-refractivity contribution in [2.45, 2.75) is 6.10 Å². The summed E-state index contributed by atoms with van der Waals surface area (Å²) in [6.07, 6.45) is -0.811. The largest absolute Gasteiger partial charge is 0.506 e. The molecular weight excluding hydrogens is 187 g/mol. The van der Waals surface area contributed by atoms with Crippen molar-refractivity contribution in [1.29, 1.82) is 0 Å². The zero-order valence-electron chi connectivity index (χ0n) is 7.31. The van der Waals surface area contributed by atoms with Crippen molar-refractivity contribution >= 4 is 6.16 Å². The third-order valence-electron chi connectivity index (χ3n) is 1.64. The van der Waals surface area contributed by atoms with E-state index in [0.29, 0.717) is 5.56 Å². The number of benzene rings is 1. The molecule has 1 N–H and O–H groups in total. The molecule has 14 heavy (non-hydrogen) atoms. The van der Waals surface area contributed by atoms with E-state index < -0.39 is 12.3 Å². The summed E-state index contributed by atoms with van der Waals surface area (Å²) in [5.41, 5.74) is 0.545. The predicted octanol–water partition coefficient (Wildman–Crippen LogP) is 2.75. The summed E-state index contributed by atoms with van der Waals surface area (Å²) in [5, 5.41) is 8.39. The predicted molar refractivity (Wildman–Crippen MR) is 48.4 cm³/mol. The second-order valence-electron chi connectivity index (χ2n) is 2.59. The van der Waals surface area contributed by atoms with Gasteiger partial charge < -0.3 is 9.84 Å². The Labute approximate surface area is 80.4 Å². The molecule has 0 spiro atoms. The Morgan fingerprint density at radius 3 is 2.50 bits per heavy atom. The summed E-state index contributed by atoms with van der Waals surface area (Å²) >= 11 is 0. The lowest BCUT2D eigenvalue weighted by Gasteiger charge is -2.11. The van der Waals surface area contributed by atoms with E-state index in [0.717, 1.165) is 0 Å². The van der Waals surface area contributed by atoms with Gasteiger partial charge in [-0.1, -0.05) is 18.7 Å². The van der Waals surface area contributed by atoms with Crippen LogP contribution in [0.4, 0.5) is 9.18 Å². The van der Waals surface area contributed by atoms with E-state index in [4.69, 9.17) is 5.11 Å². The molecule has 1 atom stereocenters. The minimum absolute atomic E-state index is 0.383. The summed E-state index contributed by atoms with van der Waals surface area (Å²) in [6.45, 7) is 3.43. The van der Waals surface area contributed by atoms with Crippen molar-refractivity contribution < 1.29 is 19.0 Å². The first-order chi connectivity index (χ1) is 6.63. The Bertz CT molecular complexity index is 332. The van der Waals surface area contributed by atoms with Gasteiger partial charge in [0.25, 0.3) is 0 Å². The fraction of sp³-hybridized carbons (Fsp3) is 0.100. The Hall–Kier alpha value is -1.84. The van der Waals surface area contributed by atoms with E-state index in [2.05, 4.69) is 11.3 Å². The summed E-state index contributed by atoms with van der Waals surface area (Å²) in [4.78, 5) is 10.3. The van der Waals surface area contributed by atoms with E-state index in [1.54, 1.807) is 0 Å². The molecule has 0 bridgehead atoms. The maximum absolute atomic E-state index is 12.5. The van der Waals surface area contributed by atoms with Crippen LogP contribution >= 0.6 is 0 Å². The van der Waals surface area contributed by atoms with Crippen molar-refractivity contribution in [2.24, 2.45) is 0 Å². The van der Waals surface area contributed by atoms with Crippen LogP contribution < -0.4 is 0 Å². The van der Waals surface area contributed by atoms with Crippen molar-refractivity contribution in [3.8, 4) is 0 Å². The first kappa shape index (κ1) is 10.2. The molecule has 4 heteroatoms. The first-order valence-corrected chi connectivity index (χ1v) is 3.91. The quantitative estimate of drug-likeness (QED) is 0.597. The van der Waals surface area contributed by atoms with Crippen LogP contribution in [0.3, 0.4) is 0 Å². The zero-order chi connectivity index (χ0) is 10.6. The summed E-state index contributed by atoms with van der Waals surface area (Å²) in [6, 6.07) is 5.36. The second kappa shape index (κ2) is 4.41. The summed E-state index contributed by atoms with van der Waals surface area (Å²) in [5.74, 6) is -0.383.